The molecule has 0 saturated carbocycles. The van der Waals surface area contributed by atoms with Crippen LogP contribution in [-0.2, 0) is 11.2 Å². The Morgan fingerprint density at radius 3 is 2.48 bits per heavy atom. The molecule has 0 atom stereocenters. The Labute approximate surface area is 184 Å². The minimum atomic E-state index is -0.208. The number of ether oxygens (including phenoxy) is 2. The van der Waals surface area contributed by atoms with Crippen LogP contribution in [0, 0.1) is 6.92 Å². The maximum absolute atomic E-state index is 12.9. The van der Waals surface area contributed by atoms with Crippen molar-refractivity contribution >= 4 is 17.5 Å². The van der Waals surface area contributed by atoms with Crippen LogP contribution in [0.1, 0.15) is 54.6 Å². The third-order valence-electron chi connectivity index (χ3n) is 5.54. The number of anilines is 1. The Kier molecular flexibility index (Phi) is 7.93. The molecular formula is C25H32N2O4. The highest BCUT2D eigenvalue weighted by Gasteiger charge is 2.19. The number of hydrogen-bond donors (Lipinski definition) is 1. The Morgan fingerprint density at radius 2 is 1.77 bits per heavy atom. The second-order valence-corrected chi connectivity index (χ2v) is 7.74. The van der Waals surface area contributed by atoms with Crippen LogP contribution in [0.4, 0.5) is 5.69 Å². The number of carbonyl (C=O) groups is 2. The zero-order valence-corrected chi connectivity index (χ0v) is 18.7. The van der Waals surface area contributed by atoms with Gasteiger partial charge in [-0.3, -0.25) is 9.59 Å². The van der Waals surface area contributed by atoms with Crippen molar-refractivity contribution in [3.63, 3.8) is 0 Å². The quantitative estimate of drug-likeness (QED) is 0.672. The van der Waals surface area contributed by atoms with E-state index >= 15 is 0 Å². The van der Waals surface area contributed by atoms with Crippen LogP contribution in [0.3, 0.4) is 0 Å². The van der Waals surface area contributed by atoms with Crippen LogP contribution in [0.2, 0.25) is 0 Å². The van der Waals surface area contributed by atoms with E-state index in [0.29, 0.717) is 23.7 Å². The van der Waals surface area contributed by atoms with Crippen LogP contribution in [0.25, 0.3) is 0 Å². The molecule has 2 amide bonds. The summed E-state index contributed by atoms with van der Waals surface area (Å²) in [4.78, 5) is 27.2. The molecule has 1 heterocycles. The third kappa shape index (κ3) is 5.78. The molecule has 3 rings (SSSR count). The second-order valence-electron chi connectivity index (χ2n) is 7.74. The fourth-order valence-corrected chi connectivity index (χ4v) is 3.80. The highest BCUT2D eigenvalue weighted by Crippen LogP contribution is 2.30. The van der Waals surface area contributed by atoms with E-state index in [2.05, 4.69) is 12.2 Å². The number of rotatable bonds is 8. The van der Waals surface area contributed by atoms with Gasteiger partial charge in [0.25, 0.3) is 11.8 Å². The Morgan fingerprint density at radius 1 is 1.00 bits per heavy atom. The Balaban J connectivity index is 1.72. The molecule has 0 radical (unpaired) electrons. The molecule has 2 aromatic carbocycles. The minimum absolute atomic E-state index is 0.0179. The van der Waals surface area contributed by atoms with Gasteiger partial charge in [0.2, 0.25) is 0 Å². The van der Waals surface area contributed by atoms with Crippen molar-refractivity contribution in [2.24, 2.45) is 0 Å². The smallest absolute Gasteiger partial charge is 0.260 e. The lowest BCUT2D eigenvalue weighted by Gasteiger charge is -2.26. The number of para-hydroxylation sites is 1. The van der Waals surface area contributed by atoms with Gasteiger partial charge in [-0.1, -0.05) is 25.1 Å². The zero-order chi connectivity index (χ0) is 22.2. The SMILES string of the molecule is CCOc1cc(C(=O)Nc2c(C)cccc2CC)ccc1OCC(=O)N1CCCCC1. The van der Waals surface area contributed by atoms with Gasteiger partial charge in [-0.05, 0) is 68.9 Å². The molecule has 0 bridgehead atoms. The fraction of sp³-hybridized carbons (Fsp3) is 0.440. The molecule has 6 nitrogen and oxygen atoms in total. The van der Waals surface area contributed by atoms with E-state index < -0.39 is 0 Å². The van der Waals surface area contributed by atoms with E-state index in [1.54, 1.807) is 18.2 Å². The van der Waals surface area contributed by atoms with Crippen molar-refractivity contribution in [3.8, 4) is 11.5 Å². The van der Waals surface area contributed by atoms with Gasteiger partial charge in [-0.25, -0.2) is 0 Å². The van der Waals surface area contributed by atoms with Gasteiger partial charge < -0.3 is 19.7 Å². The topological polar surface area (TPSA) is 67.9 Å². The molecular weight excluding hydrogens is 392 g/mol. The molecule has 31 heavy (non-hydrogen) atoms. The van der Waals surface area contributed by atoms with Crippen LogP contribution < -0.4 is 14.8 Å². The first-order chi connectivity index (χ1) is 15.0. The lowest BCUT2D eigenvalue weighted by Crippen LogP contribution is -2.38. The monoisotopic (exact) mass is 424 g/mol. The summed E-state index contributed by atoms with van der Waals surface area (Å²) in [6.07, 6.45) is 4.09. The van der Waals surface area contributed by atoms with Crippen molar-refractivity contribution in [1.29, 1.82) is 0 Å². The highest BCUT2D eigenvalue weighted by molar-refractivity contribution is 6.05. The summed E-state index contributed by atoms with van der Waals surface area (Å²) < 4.78 is 11.5. The number of hydrogen-bond acceptors (Lipinski definition) is 4. The van der Waals surface area contributed by atoms with Crippen LogP contribution in [-0.4, -0.2) is 43.0 Å². The molecule has 1 fully saturated rings. The molecule has 1 aliphatic heterocycles. The van der Waals surface area contributed by atoms with Gasteiger partial charge in [0.05, 0.1) is 6.61 Å². The molecule has 166 valence electrons. The summed E-state index contributed by atoms with van der Waals surface area (Å²) in [5.41, 5.74) is 3.44. The van der Waals surface area contributed by atoms with E-state index in [9.17, 15) is 9.59 Å². The Hall–Kier alpha value is -3.02. The van der Waals surface area contributed by atoms with Gasteiger partial charge in [0.1, 0.15) is 0 Å². The molecule has 1 aliphatic rings. The lowest BCUT2D eigenvalue weighted by atomic mass is 10.1. The molecule has 1 saturated heterocycles. The summed E-state index contributed by atoms with van der Waals surface area (Å²) in [7, 11) is 0. The molecule has 2 aromatic rings. The van der Waals surface area contributed by atoms with Gasteiger partial charge in [0, 0.05) is 24.3 Å². The lowest BCUT2D eigenvalue weighted by molar-refractivity contribution is -0.134. The van der Waals surface area contributed by atoms with Gasteiger partial charge in [-0.2, -0.15) is 0 Å². The normalized spacial score (nSPS) is 13.6. The molecule has 0 spiro atoms. The Bertz CT molecular complexity index is 920. The number of nitrogens with one attached hydrogen (secondary N) is 1. The van der Waals surface area contributed by atoms with Crippen molar-refractivity contribution < 1.29 is 19.1 Å². The summed E-state index contributed by atoms with van der Waals surface area (Å²) in [5, 5.41) is 3.03. The van der Waals surface area contributed by atoms with Crippen LogP contribution in [0.5, 0.6) is 11.5 Å². The number of benzene rings is 2. The van der Waals surface area contributed by atoms with Gasteiger partial charge in [0.15, 0.2) is 18.1 Å². The number of nitrogens with zero attached hydrogens (tertiary/aromatic N) is 1. The molecule has 0 aliphatic carbocycles. The van der Waals surface area contributed by atoms with Crippen molar-refractivity contribution in [3.05, 3.63) is 53.1 Å². The van der Waals surface area contributed by atoms with Crippen molar-refractivity contribution in [2.45, 2.75) is 46.5 Å². The van der Waals surface area contributed by atoms with Crippen molar-refractivity contribution in [2.75, 3.05) is 31.6 Å². The average molecular weight is 425 g/mol. The number of amides is 2. The van der Waals surface area contributed by atoms with E-state index in [1.807, 2.05) is 36.9 Å². The van der Waals surface area contributed by atoms with Crippen molar-refractivity contribution in [1.82, 2.24) is 4.90 Å². The highest BCUT2D eigenvalue weighted by atomic mass is 16.5. The van der Waals surface area contributed by atoms with Crippen LogP contribution >= 0.6 is 0 Å². The summed E-state index contributed by atoms with van der Waals surface area (Å²) >= 11 is 0. The molecule has 0 aromatic heterocycles. The van der Waals surface area contributed by atoms with E-state index in [-0.39, 0.29) is 18.4 Å². The van der Waals surface area contributed by atoms with Gasteiger partial charge >= 0.3 is 0 Å². The van der Waals surface area contributed by atoms with E-state index in [1.165, 1.54) is 6.42 Å². The van der Waals surface area contributed by atoms with Gasteiger partial charge in [-0.15, -0.1) is 0 Å². The largest absolute Gasteiger partial charge is 0.490 e. The maximum Gasteiger partial charge on any atom is 0.260 e. The first kappa shape index (κ1) is 22.7. The minimum Gasteiger partial charge on any atom is -0.490 e. The van der Waals surface area contributed by atoms with E-state index in [0.717, 1.165) is 49.2 Å². The molecule has 0 unspecified atom stereocenters. The summed E-state index contributed by atoms with van der Waals surface area (Å²) in [5.74, 6) is 0.701. The first-order valence-electron chi connectivity index (χ1n) is 11.1. The third-order valence-corrected chi connectivity index (χ3v) is 5.54. The zero-order valence-electron chi connectivity index (χ0n) is 18.7. The average Bonchev–Trinajstić information content (AvgIpc) is 2.80. The standard InChI is InChI=1S/C25H32N2O4/c1-4-19-11-9-10-18(3)24(19)26-25(29)20-12-13-21(22(16-20)30-5-2)31-17-23(28)27-14-7-6-8-15-27/h9-13,16H,4-8,14-15,17H2,1-3H3,(H,26,29). The number of carbonyl (C=O) groups excluding carboxylic acids is 2. The second kappa shape index (κ2) is 10.8. The predicted octanol–water partition coefficient (Wildman–Crippen LogP) is 4.60. The number of likely N-dealkylation sites (tertiary alicyclic amines) is 1. The van der Waals surface area contributed by atoms with E-state index in [4.69, 9.17) is 9.47 Å². The molecule has 1 N–H and O–H groups in total. The number of aryl methyl sites for hydroxylation is 2. The molecule has 6 heteroatoms. The maximum atomic E-state index is 12.9. The summed E-state index contributed by atoms with van der Waals surface area (Å²) in [6.45, 7) is 7.90. The van der Waals surface area contributed by atoms with Crippen LogP contribution in [0.15, 0.2) is 36.4 Å². The summed E-state index contributed by atoms with van der Waals surface area (Å²) in [6, 6.07) is 11.1. The fourth-order valence-electron chi connectivity index (χ4n) is 3.80. The predicted molar refractivity (Wildman–Crippen MR) is 122 cm³/mol. The first-order valence-corrected chi connectivity index (χ1v) is 11.1. The number of piperidine rings is 1.